The lowest BCUT2D eigenvalue weighted by Crippen LogP contribution is -2.23. The number of nitrogens with one attached hydrogen (secondary N) is 2. The van der Waals surface area contributed by atoms with Gasteiger partial charge in [-0.05, 0) is 54.1 Å². The molecule has 1 aromatic heterocycles. The Kier molecular flexibility index (Phi) is 5.46. The zero-order valence-electron chi connectivity index (χ0n) is 14.1. The number of anilines is 1. The highest BCUT2D eigenvalue weighted by atomic mass is 32.2. The summed E-state index contributed by atoms with van der Waals surface area (Å²) in [6.45, 7) is 0.330. The van der Waals surface area contributed by atoms with Gasteiger partial charge in [0.2, 0.25) is 0 Å². The van der Waals surface area contributed by atoms with Crippen molar-refractivity contribution in [2.24, 2.45) is 0 Å². The van der Waals surface area contributed by atoms with E-state index >= 15 is 0 Å². The van der Waals surface area contributed by atoms with Crippen LogP contribution in [0.15, 0.2) is 78.0 Å². The van der Waals surface area contributed by atoms with Crippen molar-refractivity contribution >= 4 is 21.6 Å². The minimum atomic E-state index is -3.96. The summed E-state index contributed by atoms with van der Waals surface area (Å²) in [6.07, 6.45) is 3.26. The van der Waals surface area contributed by atoms with Gasteiger partial charge in [-0.15, -0.1) is 0 Å². The Morgan fingerprint density at radius 3 is 2.30 bits per heavy atom. The highest BCUT2D eigenvalue weighted by Crippen LogP contribution is 2.19. The zero-order chi connectivity index (χ0) is 19.3. The molecule has 1 heterocycles. The number of carbonyl (C=O) groups is 1. The molecule has 0 aliphatic heterocycles. The number of halogens is 1. The number of pyridine rings is 1. The Hall–Kier alpha value is -3.26. The third-order valence-corrected chi connectivity index (χ3v) is 5.13. The van der Waals surface area contributed by atoms with E-state index in [1.165, 1.54) is 42.5 Å². The van der Waals surface area contributed by atoms with Crippen LogP contribution in [0.3, 0.4) is 0 Å². The fourth-order valence-corrected chi connectivity index (χ4v) is 3.39. The summed E-state index contributed by atoms with van der Waals surface area (Å²) < 4.78 is 40.6. The van der Waals surface area contributed by atoms with Gasteiger partial charge in [-0.3, -0.25) is 14.5 Å². The average molecular weight is 385 g/mol. The van der Waals surface area contributed by atoms with E-state index in [0.717, 1.165) is 11.6 Å². The van der Waals surface area contributed by atoms with E-state index in [1.54, 1.807) is 24.5 Å². The van der Waals surface area contributed by atoms with Crippen molar-refractivity contribution < 1.29 is 17.6 Å². The van der Waals surface area contributed by atoms with Crippen LogP contribution in [0, 0.1) is 5.82 Å². The molecule has 2 aromatic carbocycles. The molecule has 0 bridgehead atoms. The summed E-state index contributed by atoms with van der Waals surface area (Å²) in [5.74, 6) is -1.01. The molecular weight excluding hydrogens is 369 g/mol. The van der Waals surface area contributed by atoms with E-state index in [0.29, 0.717) is 12.1 Å². The van der Waals surface area contributed by atoms with Gasteiger partial charge >= 0.3 is 0 Å². The molecular formula is C19H16FN3O3S. The minimum Gasteiger partial charge on any atom is -0.348 e. The van der Waals surface area contributed by atoms with Gasteiger partial charge in [0.25, 0.3) is 15.9 Å². The van der Waals surface area contributed by atoms with E-state index < -0.39 is 15.8 Å². The van der Waals surface area contributed by atoms with Crippen LogP contribution in [0.4, 0.5) is 10.1 Å². The van der Waals surface area contributed by atoms with Crippen LogP contribution < -0.4 is 10.0 Å². The molecule has 6 nitrogen and oxygen atoms in total. The largest absolute Gasteiger partial charge is 0.348 e. The summed E-state index contributed by atoms with van der Waals surface area (Å²) in [5, 5.41) is 2.74. The maximum absolute atomic E-state index is 13.6. The van der Waals surface area contributed by atoms with Crippen molar-refractivity contribution in [1.82, 2.24) is 10.3 Å². The predicted molar refractivity (Wildman–Crippen MR) is 99.1 cm³/mol. The Morgan fingerprint density at radius 2 is 1.63 bits per heavy atom. The van der Waals surface area contributed by atoms with Crippen molar-refractivity contribution in [2.45, 2.75) is 11.4 Å². The van der Waals surface area contributed by atoms with Gasteiger partial charge in [0, 0.05) is 24.5 Å². The molecule has 27 heavy (non-hydrogen) atoms. The predicted octanol–water partition coefficient (Wildman–Crippen LogP) is 2.95. The van der Waals surface area contributed by atoms with Crippen LogP contribution in [0.2, 0.25) is 0 Å². The number of hydrogen-bond acceptors (Lipinski definition) is 4. The Labute approximate surface area is 156 Å². The van der Waals surface area contributed by atoms with Crippen LogP contribution in [0.25, 0.3) is 0 Å². The van der Waals surface area contributed by atoms with Crippen molar-refractivity contribution in [1.29, 1.82) is 0 Å². The standard InChI is InChI=1S/C19H16FN3O3S/c20-17-3-1-2-4-18(17)23-27(25,26)16-7-5-15(6-8-16)19(24)22-13-14-9-11-21-12-10-14/h1-12,23H,13H2,(H,22,24). The zero-order valence-corrected chi connectivity index (χ0v) is 14.9. The smallest absolute Gasteiger partial charge is 0.261 e. The SMILES string of the molecule is O=C(NCc1ccncc1)c1ccc(S(=O)(=O)Nc2ccccc2F)cc1. The number of hydrogen-bond donors (Lipinski definition) is 2. The monoisotopic (exact) mass is 385 g/mol. The molecule has 138 valence electrons. The number of rotatable bonds is 6. The third-order valence-electron chi connectivity index (χ3n) is 3.75. The van der Waals surface area contributed by atoms with E-state index in [4.69, 9.17) is 0 Å². The molecule has 0 unspecified atom stereocenters. The topological polar surface area (TPSA) is 88.2 Å². The lowest BCUT2D eigenvalue weighted by molar-refractivity contribution is 0.0951. The van der Waals surface area contributed by atoms with Crippen molar-refractivity contribution in [3.63, 3.8) is 0 Å². The molecule has 0 spiro atoms. The number of para-hydroxylation sites is 1. The number of amides is 1. The van der Waals surface area contributed by atoms with E-state index in [-0.39, 0.29) is 16.5 Å². The first-order chi connectivity index (χ1) is 13.0. The molecule has 0 radical (unpaired) electrons. The van der Waals surface area contributed by atoms with Crippen molar-refractivity contribution in [3.05, 3.63) is 90.0 Å². The summed E-state index contributed by atoms with van der Waals surface area (Å²) >= 11 is 0. The van der Waals surface area contributed by atoms with E-state index in [2.05, 4.69) is 15.0 Å². The van der Waals surface area contributed by atoms with Crippen molar-refractivity contribution in [3.8, 4) is 0 Å². The summed E-state index contributed by atoms with van der Waals surface area (Å²) in [4.78, 5) is 16.0. The van der Waals surface area contributed by atoms with Crippen LogP contribution in [-0.4, -0.2) is 19.3 Å². The lowest BCUT2D eigenvalue weighted by atomic mass is 10.2. The van der Waals surface area contributed by atoms with Gasteiger partial charge in [0.05, 0.1) is 10.6 Å². The molecule has 0 aliphatic rings. The number of aromatic nitrogens is 1. The number of nitrogens with zero attached hydrogens (tertiary/aromatic N) is 1. The summed E-state index contributed by atoms with van der Waals surface area (Å²) in [7, 11) is -3.96. The van der Waals surface area contributed by atoms with Crippen molar-refractivity contribution in [2.75, 3.05) is 4.72 Å². The Morgan fingerprint density at radius 1 is 0.963 bits per heavy atom. The van der Waals surface area contributed by atoms with Gasteiger partial charge < -0.3 is 5.32 Å². The fraction of sp³-hybridized carbons (Fsp3) is 0.0526. The number of sulfonamides is 1. The second-order valence-electron chi connectivity index (χ2n) is 5.65. The van der Waals surface area contributed by atoms with Gasteiger partial charge in [0.1, 0.15) is 5.82 Å². The molecule has 1 amide bonds. The summed E-state index contributed by atoms with van der Waals surface area (Å²) in [5.41, 5.74) is 1.07. The minimum absolute atomic E-state index is 0.0727. The van der Waals surface area contributed by atoms with Gasteiger partial charge in [0.15, 0.2) is 0 Å². The average Bonchev–Trinajstić information content (AvgIpc) is 2.69. The van der Waals surface area contributed by atoms with E-state index in [1.807, 2.05) is 0 Å². The molecule has 0 atom stereocenters. The molecule has 0 saturated carbocycles. The molecule has 3 rings (SSSR count). The maximum Gasteiger partial charge on any atom is 0.261 e. The van der Waals surface area contributed by atoms with Crippen LogP contribution >= 0.6 is 0 Å². The van der Waals surface area contributed by atoms with Crippen LogP contribution in [0.5, 0.6) is 0 Å². The molecule has 0 aliphatic carbocycles. The number of benzene rings is 2. The normalized spacial score (nSPS) is 11.0. The van der Waals surface area contributed by atoms with Crippen LogP contribution in [-0.2, 0) is 16.6 Å². The van der Waals surface area contributed by atoms with Gasteiger partial charge in [-0.2, -0.15) is 0 Å². The molecule has 0 fully saturated rings. The first kappa shape index (κ1) is 18.5. The second-order valence-corrected chi connectivity index (χ2v) is 7.33. The number of carbonyl (C=O) groups excluding carboxylic acids is 1. The fourth-order valence-electron chi connectivity index (χ4n) is 2.32. The molecule has 3 aromatic rings. The second kappa shape index (κ2) is 7.96. The first-order valence-corrected chi connectivity index (χ1v) is 9.48. The maximum atomic E-state index is 13.6. The van der Waals surface area contributed by atoms with Gasteiger partial charge in [-0.1, -0.05) is 12.1 Å². The Balaban J connectivity index is 1.69. The first-order valence-electron chi connectivity index (χ1n) is 8.00. The quantitative estimate of drug-likeness (QED) is 0.683. The molecule has 8 heteroatoms. The molecule has 2 N–H and O–H groups in total. The van der Waals surface area contributed by atoms with E-state index in [9.17, 15) is 17.6 Å². The third kappa shape index (κ3) is 4.68. The highest BCUT2D eigenvalue weighted by Gasteiger charge is 2.17. The Bertz CT molecular complexity index is 1040. The van der Waals surface area contributed by atoms with Crippen LogP contribution in [0.1, 0.15) is 15.9 Å². The van der Waals surface area contributed by atoms with Gasteiger partial charge in [-0.25, -0.2) is 12.8 Å². The highest BCUT2D eigenvalue weighted by molar-refractivity contribution is 7.92. The summed E-state index contributed by atoms with van der Waals surface area (Å²) in [6, 6.07) is 14.4. The molecule has 0 saturated heterocycles. The lowest BCUT2D eigenvalue weighted by Gasteiger charge is -2.10.